The summed E-state index contributed by atoms with van der Waals surface area (Å²) in [6, 6.07) is 66.1. The number of amides is 8. The molecule has 8 aromatic heterocycles. The molecule has 12 N–H and O–H groups in total. The molecule has 0 atom stereocenters. The zero-order chi connectivity index (χ0) is 99.9. The zero-order valence-corrected chi connectivity index (χ0v) is 80.1. The number of nitrogens with zero attached hydrogens (tertiary/aromatic N) is 12. The van der Waals surface area contributed by atoms with Crippen molar-refractivity contribution >= 4 is 113 Å². The molecular weight excluding hydrogens is 1880 g/mol. The SMILES string of the molecule is CCS(=O)(=O)c1ccc(NC(=O)Nc2cccc(-c3nc(N4CCOCC4)[nH]c3-c3ccncc3)c2)cc1.CS(=O)(=O)c1ccc(NC(=O)Nc2cccc(-c3nc(N4CCOCC4)[nH]c3-c3ccncc3)c2)cc1.Cc1cccc(NC(=O)Nc2cccc(-c3nc(N4CCOCC4)[nH]c3-c3ccncc3)c2)c1.O=C(Nc1cccc(-c2nc(N3CCOCC3)[nH]c2-c2ccncc2)c1)Nc1ccc(F)cc1F. The minimum absolute atomic E-state index is 0.0173. The van der Waals surface area contributed by atoms with Crippen molar-refractivity contribution in [3.63, 3.8) is 0 Å². The second-order valence-electron chi connectivity index (χ2n) is 33.3. The predicted octanol–water partition coefficient (Wildman–Crippen LogP) is 18.3. The van der Waals surface area contributed by atoms with Crippen molar-refractivity contribution in [3.05, 3.63) is 303 Å². The molecule has 36 nitrogen and oxygen atoms in total. The molecule has 40 heteroatoms. The molecule has 4 aliphatic rings. The number of morpholine rings is 4. The summed E-state index contributed by atoms with van der Waals surface area (Å²) >= 11 is 0. The zero-order valence-electron chi connectivity index (χ0n) is 78.5. The summed E-state index contributed by atoms with van der Waals surface area (Å²) in [5.74, 6) is 1.51. The lowest BCUT2D eigenvalue weighted by Gasteiger charge is -2.26. The number of urea groups is 4. The highest BCUT2D eigenvalue weighted by Crippen LogP contribution is 2.40. The fraction of sp³-hybridized carbons (Fsp3) is 0.192. The minimum atomic E-state index is -3.31. The Balaban J connectivity index is 0.000000132. The van der Waals surface area contributed by atoms with Gasteiger partial charge in [0.25, 0.3) is 0 Å². The van der Waals surface area contributed by atoms with Crippen LogP contribution in [0.25, 0.3) is 90.1 Å². The van der Waals surface area contributed by atoms with Crippen LogP contribution >= 0.6 is 0 Å². The third-order valence-electron chi connectivity index (χ3n) is 23.3. The number of halogens is 2. The summed E-state index contributed by atoms with van der Waals surface area (Å²) in [4.78, 5) is 109. The number of sulfone groups is 2. The van der Waals surface area contributed by atoms with E-state index in [1.807, 2.05) is 146 Å². The highest BCUT2D eigenvalue weighted by molar-refractivity contribution is 7.91. The molecule has 4 fully saturated rings. The number of ether oxygens (including phenoxy) is 4. The van der Waals surface area contributed by atoms with E-state index in [2.05, 4.69) is 102 Å². The van der Waals surface area contributed by atoms with Gasteiger partial charge in [-0.15, -0.1) is 0 Å². The Hall–Kier alpha value is -16.9. The summed E-state index contributed by atoms with van der Waals surface area (Å²) in [6.45, 7) is 14.8. The van der Waals surface area contributed by atoms with Gasteiger partial charge in [0.05, 0.1) is 120 Å². The Morgan fingerprint density at radius 2 is 0.590 bits per heavy atom. The number of hydrogen-bond acceptors (Lipinski definition) is 24. The fourth-order valence-electron chi connectivity index (χ4n) is 16.0. The Kier molecular flexibility index (Phi) is 31.8. The Morgan fingerprint density at radius 1 is 0.319 bits per heavy atom. The first-order chi connectivity index (χ1) is 70.0. The molecule has 4 saturated heterocycles. The van der Waals surface area contributed by atoms with Gasteiger partial charge in [-0.3, -0.25) is 19.9 Å². The van der Waals surface area contributed by atoms with E-state index < -0.39 is 49.4 Å². The maximum Gasteiger partial charge on any atom is 0.323 e. The van der Waals surface area contributed by atoms with Gasteiger partial charge in [0.15, 0.2) is 19.7 Å². The maximum absolute atomic E-state index is 13.9. The molecule has 0 saturated carbocycles. The molecule has 16 aromatic rings. The second kappa shape index (κ2) is 46.4. The first-order valence-corrected chi connectivity index (χ1v) is 49.8. The lowest BCUT2D eigenvalue weighted by molar-refractivity contribution is 0.122. The molecular formula is C104H102F2N24O12S2. The second-order valence-corrected chi connectivity index (χ2v) is 37.6. The molecule has 20 rings (SSSR count). The molecule has 8 aromatic carbocycles. The van der Waals surface area contributed by atoms with Crippen LogP contribution < -0.4 is 62.1 Å². The average Bonchev–Trinajstić information content (AvgIpc) is 1.65. The molecule has 12 heterocycles. The van der Waals surface area contributed by atoms with Crippen molar-refractivity contribution in [2.75, 3.05) is 179 Å². The van der Waals surface area contributed by atoms with Gasteiger partial charge >= 0.3 is 24.1 Å². The largest absolute Gasteiger partial charge is 0.378 e. The van der Waals surface area contributed by atoms with E-state index >= 15 is 0 Å². The average molecular weight is 1980 g/mol. The van der Waals surface area contributed by atoms with E-state index in [0.29, 0.717) is 98.7 Å². The van der Waals surface area contributed by atoms with Crippen molar-refractivity contribution < 1.29 is 63.7 Å². The van der Waals surface area contributed by atoms with Gasteiger partial charge in [-0.2, -0.15) is 0 Å². The smallest absolute Gasteiger partial charge is 0.323 e. The number of aromatic amines is 4. The number of pyridine rings is 4. The first-order valence-electron chi connectivity index (χ1n) is 46.2. The van der Waals surface area contributed by atoms with Crippen molar-refractivity contribution in [2.45, 2.75) is 23.6 Å². The Morgan fingerprint density at radius 3 is 0.868 bits per heavy atom. The number of carbonyl (C=O) groups excluding carboxylic acids is 4. The summed E-state index contributed by atoms with van der Waals surface area (Å²) < 4.78 is 96.2. The molecule has 144 heavy (non-hydrogen) atoms. The van der Waals surface area contributed by atoms with Crippen LogP contribution in [0.4, 0.5) is 97.3 Å². The van der Waals surface area contributed by atoms with E-state index in [1.54, 1.807) is 111 Å². The lowest BCUT2D eigenvalue weighted by Crippen LogP contribution is -2.36. The molecule has 736 valence electrons. The third-order valence-corrected chi connectivity index (χ3v) is 26.2. The lowest BCUT2D eigenvalue weighted by atomic mass is 10.1. The Labute approximate surface area is 828 Å². The number of rotatable bonds is 23. The van der Waals surface area contributed by atoms with Gasteiger partial charge in [-0.1, -0.05) is 67.6 Å². The molecule has 0 aliphatic carbocycles. The number of nitrogens with one attached hydrogen (secondary N) is 12. The Bertz CT molecular complexity index is 7380. The van der Waals surface area contributed by atoms with Crippen molar-refractivity contribution in [1.29, 1.82) is 0 Å². The molecule has 0 unspecified atom stereocenters. The van der Waals surface area contributed by atoms with Crippen LogP contribution in [0.2, 0.25) is 0 Å². The standard InChI is InChI=1S/C27H28N6O4S.C26H26N6O4S.C26H26N6O2.C25H22F2N6O2/c1-2-38(35,36)23-8-6-21(7-9-23)29-27(34)30-22-5-3-4-20(18-22)25-24(19-10-12-28-13-11-19)31-26(32-25)33-14-16-37-17-15-33;1-37(34,35)22-7-5-20(6-8-22)28-26(33)29-21-4-2-3-19(17-21)24-23(18-9-11-27-12-10-18)30-25(31-24)32-13-15-36-16-14-32;1-18-4-2-6-21(16-18)28-26(33)29-22-7-3-5-20(17-22)24-23(19-8-10-27-11-9-19)30-25(31-24)32-12-14-34-15-13-32;26-18-4-5-21(20(27)15-18)30-25(34)29-19-3-1-2-17(14-19)23-22(16-6-8-28-9-7-16)31-24(32-23)33-10-12-35-13-11-33/h3-13,18H,2,14-17H2,1H3,(H,31,32)(H2,29,30,34);2-12,17H,13-16H2,1H3,(H,30,31)(H2,28,29,33);2-11,16-17H,12-15H2,1H3,(H,30,31)(H2,28,29,33);1-9,14-15H,10-13H2,(H,31,32)(H2,29,30,34). The van der Waals surface area contributed by atoms with E-state index in [-0.39, 0.29) is 27.3 Å². The number of anilines is 12. The van der Waals surface area contributed by atoms with Gasteiger partial charge in [0.2, 0.25) is 23.8 Å². The van der Waals surface area contributed by atoms with Gasteiger partial charge < -0.3 is 101 Å². The van der Waals surface area contributed by atoms with Crippen LogP contribution in [0.5, 0.6) is 0 Å². The number of H-pyrrole nitrogens is 4. The maximum atomic E-state index is 13.9. The van der Waals surface area contributed by atoms with Crippen LogP contribution in [0.1, 0.15) is 12.5 Å². The van der Waals surface area contributed by atoms with Crippen LogP contribution in [0, 0.1) is 18.6 Å². The summed E-state index contributed by atoms with van der Waals surface area (Å²) in [5, 5.41) is 22.0. The highest BCUT2D eigenvalue weighted by Gasteiger charge is 2.28. The number of benzene rings is 8. The van der Waals surface area contributed by atoms with Gasteiger partial charge in [0, 0.05) is 199 Å². The monoisotopic (exact) mass is 1980 g/mol. The number of aryl methyl sites for hydroxylation is 1. The topological polar surface area (TPSA) is 449 Å². The van der Waals surface area contributed by atoms with Crippen molar-refractivity contribution in [1.82, 2.24) is 59.8 Å². The number of hydrogen-bond donors (Lipinski definition) is 12. The van der Waals surface area contributed by atoms with Crippen LogP contribution in [-0.2, 0) is 38.6 Å². The van der Waals surface area contributed by atoms with Crippen molar-refractivity contribution in [2.24, 2.45) is 0 Å². The van der Waals surface area contributed by atoms with E-state index in [0.717, 1.165) is 184 Å². The molecule has 0 bridgehead atoms. The van der Waals surface area contributed by atoms with Gasteiger partial charge in [-0.05, 0) is 182 Å². The number of carbonyl (C=O) groups is 4. The molecule has 8 amide bonds. The fourth-order valence-corrected chi connectivity index (χ4v) is 17.6. The molecule has 0 spiro atoms. The van der Waals surface area contributed by atoms with E-state index in [1.165, 1.54) is 30.3 Å². The quantitative estimate of drug-likeness (QED) is 0.0283. The first kappa shape index (κ1) is 98.7. The van der Waals surface area contributed by atoms with Gasteiger partial charge in [-0.25, -0.2) is 64.7 Å². The highest BCUT2D eigenvalue weighted by atomic mass is 32.2. The van der Waals surface area contributed by atoms with Crippen molar-refractivity contribution in [3.8, 4) is 90.1 Å². The van der Waals surface area contributed by atoms with Crippen LogP contribution in [0.15, 0.2) is 296 Å². The van der Waals surface area contributed by atoms with E-state index in [4.69, 9.17) is 38.9 Å². The summed E-state index contributed by atoms with van der Waals surface area (Å²) in [7, 11) is -6.61. The normalized spacial score (nSPS) is 13.6. The number of aromatic nitrogens is 12. The number of imidazole rings is 4. The molecule has 0 radical (unpaired) electrons. The van der Waals surface area contributed by atoms with Crippen LogP contribution in [0.3, 0.4) is 0 Å². The minimum Gasteiger partial charge on any atom is -0.378 e. The van der Waals surface area contributed by atoms with Crippen LogP contribution in [-0.4, -0.2) is 218 Å². The summed E-state index contributed by atoms with van der Waals surface area (Å²) in [5.41, 5.74) is 18.6. The third kappa shape index (κ3) is 25.8. The van der Waals surface area contributed by atoms with Gasteiger partial charge in [0.1, 0.15) is 11.6 Å². The molecule has 4 aliphatic heterocycles. The van der Waals surface area contributed by atoms with E-state index in [9.17, 15) is 44.8 Å². The predicted molar refractivity (Wildman–Crippen MR) is 553 cm³/mol. The summed E-state index contributed by atoms with van der Waals surface area (Å²) in [6.07, 6.45) is 15.0.